The molecule has 18 heteroatoms. The number of hydrogen-bond donors (Lipinski definition) is 4. The predicted molar refractivity (Wildman–Crippen MR) is 546 cm³/mol. The molecular weight excluding hydrogens is 1650 g/mol. The van der Waals surface area contributed by atoms with Gasteiger partial charge in [-0.05, 0) is 154 Å². The van der Waals surface area contributed by atoms with Crippen LogP contribution in [0.3, 0.4) is 0 Å². The van der Waals surface area contributed by atoms with Gasteiger partial charge in [0.2, 0.25) is 0 Å². The van der Waals surface area contributed by atoms with Crippen LogP contribution in [0.25, 0.3) is 0 Å². The predicted octanol–water partition coefficient (Wildman–Crippen LogP) is 33.6. The molecule has 0 bridgehead atoms. The Morgan fingerprint density at radius 3 is 0.651 bits per heavy atom. The average Bonchev–Trinajstić information content (AvgIpc) is 0.899. The van der Waals surface area contributed by atoms with Crippen molar-refractivity contribution in [2.24, 2.45) is 0 Å². The fraction of sp³-hybridized carbons (Fsp3) is 0.739. The van der Waals surface area contributed by atoms with Gasteiger partial charge in [0.15, 0.2) is 6.10 Å². The van der Waals surface area contributed by atoms with E-state index in [1.165, 1.54) is 270 Å². The Morgan fingerprint density at radius 1 is 0.225 bits per heavy atom. The fourth-order valence-electron chi connectivity index (χ4n) is 14.7. The first kappa shape index (κ1) is 124. The summed E-state index contributed by atoms with van der Waals surface area (Å²) in [5, 5.41) is 20.8. The second kappa shape index (κ2) is 102. The Morgan fingerprint density at radius 2 is 0.411 bits per heavy atom. The van der Waals surface area contributed by atoms with E-state index in [4.69, 9.17) is 32.3 Å². The third-order valence-corrected chi connectivity index (χ3v) is 24.6. The number of carbonyl (C=O) groups excluding carboxylic acids is 3. The second-order valence-electron chi connectivity index (χ2n) is 35.3. The van der Waals surface area contributed by atoms with Crippen LogP contribution >= 0.6 is 15.6 Å². The van der Waals surface area contributed by atoms with E-state index in [1.54, 1.807) is 0 Å². The molecule has 0 saturated carbocycles. The monoisotopic (exact) mass is 1850 g/mol. The molecule has 4 N–H and O–H groups in total. The van der Waals surface area contributed by atoms with Crippen molar-refractivity contribution in [1.82, 2.24) is 0 Å². The number of ether oxygens (including phenoxy) is 3. The van der Waals surface area contributed by atoms with Crippen LogP contribution in [0.15, 0.2) is 158 Å². The molecule has 5 unspecified atom stereocenters. The zero-order valence-electron chi connectivity index (χ0n) is 82.6. The molecule has 0 aliphatic carbocycles. The summed E-state index contributed by atoms with van der Waals surface area (Å²) in [5.74, 6) is -1.56. The Hall–Kier alpha value is -4.83. The molecule has 0 heterocycles. The number of aliphatic hydroxyl groups excluding tert-OH is 2. The molecule has 744 valence electrons. The van der Waals surface area contributed by atoms with Gasteiger partial charge in [0.25, 0.3) is 0 Å². The molecule has 0 aromatic heterocycles. The van der Waals surface area contributed by atoms with Gasteiger partial charge in [-0.3, -0.25) is 32.5 Å². The third kappa shape index (κ3) is 104. The first-order valence-electron chi connectivity index (χ1n) is 52.8. The van der Waals surface area contributed by atoms with Crippen molar-refractivity contribution in [3.05, 3.63) is 158 Å². The smallest absolute Gasteiger partial charge is 0.463 e. The SMILES string of the molecule is CC/C=C\C/C=C\C/C=C\C/C=C\C/C=C\CCCCCCCCCCCCCC(=O)OC(COC(=O)CCCCCCCCCCCCCCCCCCC/C=C\C/C=C\C/C=C\C/C=C\CCCCC)COP(=O)(O)OCC(O)COP(=O)(O)OCC(O)COC(=O)CCCCCCCCCCCCCCCCCCC/C=C\C/C=C\C/C=C\C/C=C\CCCCC. The van der Waals surface area contributed by atoms with Crippen molar-refractivity contribution >= 4 is 33.6 Å². The molecule has 0 aliphatic rings. The summed E-state index contributed by atoms with van der Waals surface area (Å²) < 4.78 is 61.8. The summed E-state index contributed by atoms with van der Waals surface area (Å²) in [6.45, 7) is 2.60. The molecule has 0 spiro atoms. The number of aliphatic hydroxyl groups is 2. The zero-order valence-corrected chi connectivity index (χ0v) is 84.4. The maximum absolute atomic E-state index is 13.1. The van der Waals surface area contributed by atoms with E-state index in [0.717, 1.165) is 141 Å². The van der Waals surface area contributed by atoms with Crippen LogP contribution in [-0.4, -0.2) is 95.9 Å². The van der Waals surface area contributed by atoms with Crippen LogP contribution in [0.5, 0.6) is 0 Å². The number of phosphoric ester groups is 2. The number of unbranched alkanes of at least 4 members (excludes halogenated alkanes) is 51. The highest BCUT2D eigenvalue weighted by Gasteiger charge is 2.30. The normalized spacial score (nSPS) is 14.3. The summed E-state index contributed by atoms with van der Waals surface area (Å²) in [6.07, 6.45) is 133. The molecule has 129 heavy (non-hydrogen) atoms. The fourth-order valence-corrected chi connectivity index (χ4v) is 16.3. The second-order valence-corrected chi connectivity index (χ2v) is 38.2. The van der Waals surface area contributed by atoms with Crippen LogP contribution < -0.4 is 0 Å². The Labute approximate surface area is 790 Å². The van der Waals surface area contributed by atoms with Gasteiger partial charge in [0.05, 0.1) is 26.4 Å². The molecule has 0 aromatic rings. The van der Waals surface area contributed by atoms with E-state index < -0.39 is 91.5 Å². The number of carbonyl (C=O) groups is 3. The largest absolute Gasteiger partial charge is 0.472 e. The van der Waals surface area contributed by atoms with E-state index in [-0.39, 0.29) is 19.3 Å². The number of allylic oxidation sites excluding steroid dienone is 26. The maximum Gasteiger partial charge on any atom is 0.472 e. The first-order chi connectivity index (χ1) is 63.2. The lowest BCUT2D eigenvalue weighted by Crippen LogP contribution is -2.30. The van der Waals surface area contributed by atoms with Crippen molar-refractivity contribution in [2.75, 3.05) is 39.6 Å². The van der Waals surface area contributed by atoms with Crippen LogP contribution in [0, 0.1) is 0 Å². The standard InChI is InChI=1S/C111H194O16P2/c1-4-7-10-13-16-19-22-25-28-31-34-37-40-43-46-48-50-52-54-56-59-61-64-67-70-73-76-79-82-85-88-91-94-97-109(114)121-100-106(112)101-123-128(117,118)124-102-107(113)103-125-129(119,120)126-105-108(127-111(116)99-96-93-90-87-84-81-78-75-72-69-66-63-58-45-42-39-36-33-30-27-24-21-18-15-12-9-6-3)104-122-110(115)98-95-92-89-86-83-80-77-74-71-68-65-62-60-57-55-53-51-49-47-44-41-38-35-32-29-26-23-20-17-14-11-8-5-2/h9,12,16-21,25-30,34-39,43-47,58,106-108,112-113H,4-8,10-11,13-15,22-24,31-33,40-42,48-57,59-105H2,1-3H3,(H,117,118)(H,119,120)/b12-9-,19-16-,20-17-,21-18-,28-25-,29-26-,30-27-,37-34-,38-35-,39-36-,46-43-,47-44-,58-45-. The summed E-state index contributed by atoms with van der Waals surface area (Å²) in [7, 11) is -9.82. The van der Waals surface area contributed by atoms with Crippen molar-refractivity contribution in [3.8, 4) is 0 Å². The molecule has 0 rings (SSSR count). The van der Waals surface area contributed by atoms with Crippen molar-refractivity contribution < 1.29 is 75.8 Å². The van der Waals surface area contributed by atoms with Gasteiger partial charge in [-0.25, -0.2) is 9.13 Å². The average molecular weight is 1850 g/mol. The van der Waals surface area contributed by atoms with Crippen molar-refractivity contribution in [1.29, 1.82) is 0 Å². The number of phosphoric acid groups is 2. The van der Waals surface area contributed by atoms with Gasteiger partial charge >= 0.3 is 33.6 Å². The summed E-state index contributed by atoms with van der Waals surface area (Å²) in [5.41, 5.74) is 0. The van der Waals surface area contributed by atoms with Gasteiger partial charge in [0.1, 0.15) is 25.4 Å². The van der Waals surface area contributed by atoms with E-state index in [1.807, 2.05) is 0 Å². The minimum absolute atomic E-state index is 0.0989. The molecule has 0 aromatic carbocycles. The van der Waals surface area contributed by atoms with E-state index >= 15 is 0 Å². The van der Waals surface area contributed by atoms with Gasteiger partial charge < -0.3 is 34.2 Å². The lowest BCUT2D eigenvalue weighted by molar-refractivity contribution is -0.161. The van der Waals surface area contributed by atoms with E-state index in [0.29, 0.717) is 19.3 Å². The van der Waals surface area contributed by atoms with E-state index in [2.05, 4.69) is 179 Å². The lowest BCUT2D eigenvalue weighted by Gasteiger charge is -2.21. The lowest BCUT2D eigenvalue weighted by atomic mass is 10.0. The molecular formula is C111H194O16P2. The molecule has 0 amide bonds. The third-order valence-electron chi connectivity index (χ3n) is 22.7. The van der Waals surface area contributed by atoms with E-state index in [9.17, 15) is 43.5 Å². The van der Waals surface area contributed by atoms with Gasteiger partial charge in [-0.1, -0.05) is 455 Å². The van der Waals surface area contributed by atoms with Crippen LogP contribution in [-0.2, 0) is 55.8 Å². The Bertz CT molecular complexity index is 2980. The van der Waals surface area contributed by atoms with Crippen molar-refractivity contribution in [3.63, 3.8) is 0 Å². The van der Waals surface area contributed by atoms with Gasteiger partial charge in [0, 0.05) is 19.3 Å². The number of hydrogen-bond acceptors (Lipinski definition) is 14. The Balaban J connectivity index is 4.59. The molecule has 16 nitrogen and oxygen atoms in total. The number of esters is 3. The number of rotatable bonds is 100. The highest BCUT2D eigenvalue weighted by atomic mass is 31.2. The highest BCUT2D eigenvalue weighted by molar-refractivity contribution is 7.47. The minimum Gasteiger partial charge on any atom is -0.463 e. The molecule has 0 aliphatic heterocycles. The van der Waals surface area contributed by atoms with Gasteiger partial charge in [-0.2, -0.15) is 0 Å². The Kier molecular flexibility index (Phi) is 98.3. The molecule has 0 fully saturated rings. The minimum atomic E-state index is -4.95. The van der Waals surface area contributed by atoms with Crippen LogP contribution in [0.1, 0.15) is 470 Å². The summed E-state index contributed by atoms with van der Waals surface area (Å²) in [6, 6.07) is 0. The maximum atomic E-state index is 13.1. The molecule has 5 atom stereocenters. The van der Waals surface area contributed by atoms with Crippen molar-refractivity contribution in [2.45, 2.75) is 489 Å². The highest BCUT2D eigenvalue weighted by Crippen LogP contribution is 2.45. The summed E-state index contributed by atoms with van der Waals surface area (Å²) >= 11 is 0. The zero-order chi connectivity index (χ0) is 93.5. The molecule has 0 radical (unpaired) electrons. The quantitative estimate of drug-likeness (QED) is 0.0146. The molecule has 0 saturated heterocycles. The first-order valence-corrected chi connectivity index (χ1v) is 55.8. The van der Waals surface area contributed by atoms with Crippen LogP contribution in [0.4, 0.5) is 0 Å². The topological polar surface area (TPSA) is 231 Å². The summed E-state index contributed by atoms with van der Waals surface area (Å²) in [4.78, 5) is 59.3. The van der Waals surface area contributed by atoms with Crippen LogP contribution in [0.2, 0.25) is 0 Å². The van der Waals surface area contributed by atoms with Gasteiger partial charge in [-0.15, -0.1) is 0 Å².